The Balaban J connectivity index is 3.88. The van der Waals surface area contributed by atoms with Crippen LogP contribution in [0.2, 0.25) is 0 Å². The van der Waals surface area contributed by atoms with E-state index in [1.165, 1.54) is 24.3 Å². The van der Waals surface area contributed by atoms with Gasteiger partial charge in [-0.1, -0.05) is 34.6 Å². The van der Waals surface area contributed by atoms with Gasteiger partial charge in [-0.05, 0) is 29.8 Å². The molecule has 0 aromatic rings. The summed E-state index contributed by atoms with van der Waals surface area (Å²) in [5.74, 6) is 2.61. The van der Waals surface area contributed by atoms with Gasteiger partial charge in [-0.15, -0.1) is 23.5 Å². The molecule has 0 N–H and O–H groups in total. The minimum absolute atomic E-state index is 0.444. The fourth-order valence-corrected chi connectivity index (χ4v) is 3.86. The Morgan fingerprint density at radius 2 is 1.31 bits per heavy atom. The van der Waals surface area contributed by atoms with Crippen molar-refractivity contribution in [1.82, 2.24) is 0 Å². The maximum absolute atomic E-state index is 2.35. The van der Waals surface area contributed by atoms with E-state index in [0.717, 1.165) is 4.58 Å². The Kier molecular flexibility index (Phi) is 7.43. The second kappa shape index (κ2) is 7.05. The molecule has 0 spiro atoms. The van der Waals surface area contributed by atoms with Crippen molar-refractivity contribution in [1.29, 1.82) is 0 Å². The van der Waals surface area contributed by atoms with Crippen LogP contribution in [0, 0.1) is 5.41 Å². The average Bonchev–Trinajstić information content (AvgIpc) is 2.02. The molecule has 0 nitrogen and oxygen atoms in total. The summed E-state index contributed by atoms with van der Waals surface area (Å²) in [6.07, 6.45) is 2.59. The third kappa shape index (κ3) is 6.73. The Hall–Kier alpha value is 0.700. The molecule has 0 aromatic heterocycles. The molecule has 0 aliphatic carbocycles. The van der Waals surface area contributed by atoms with E-state index < -0.39 is 0 Å². The van der Waals surface area contributed by atoms with E-state index in [9.17, 15) is 0 Å². The molecule has 0 aliphatic heterocycles. The summed E-state index contributed by atoms with van der Waals surface area (Å²) < 4.78 is 0.771. The molecule has 0 aliphatic rings. The lowest BCUT2D eigenvalue weighted by Gasteiger charge is -2.29. The van der Waals surface area contributed by atoms with Crippen molar-refractivity contribution < 1.29 is 0 Å². The maximum atomic E-state index is 2.35. The highest BCUT2D eigenvalue weighted by molar-refractivity contribution is 8.17. The van der Waals surface area contributed by atoms with E-state index in [1.807, 2.05) is 0 Å². The van der Waals surface area contributed by atoms with Gasteiger partial charge in [0.2, 0.25) is 0 Å². The first-order chi connectivity index (χ1) is 6.02. The maximum Gasteiger partial charge on any atom is 0.0550 e. The van der Waals surface area contributed by atoms with Crippen molar-refractivity contribution in [3.05, 3.63) is 0 Å². The molecule has 0 radical (unpaired) electrons. The summed E-state index contributed by atoms with van der Waals surface area (Å²) >= 11 is 4.26. The molecule has 0 heterocycles. The molecule has 13 heavy (non-hydrogen) atoms. The predicted molar refractivity (Wildman–Crippen MR) is 68.7 cm³/mol. The molecule has 0 fully saturated rings. The van der Waals surface area contributed by atoms with Crippen LogP contribution in [0.1, 0.15) is 47.5 Å². The van der Waals surface area contributed by atoms with Gasteiger partial charge in [-0.2, -0.15) is 0 Å². The standard InChI is InChI=1S/C11H24S2/c1-6-8-12-10(11(3,4)5)13-9-7-2/h10H,6-9H2,1-5H3. The van der Waals surface area contributed by atoms with Crippen LogP contribution in [0.15, 0.2) is 0 Å². The highest BCUT2D eigenvalue weighted by Gasteiger charge is 2.24. The van der Waals surface area contributed by atoms with Crippen LogP contribution in [0.5, 0.6) is 0 Å². The summed E-state index contributed by atoms with van der Waals surface area (Å²) in [6.45, 7) is 11.6. The smallest absolute Gasteiger partial charge is 0.0550 e. The van der Waals surface area contributed by atoms with Crippen LogP contribution >= 0.6 is 23.5 Å². The van der Waals surface area contributed by atoms with Crippen molar-refractivity contribution in [3.63, 3.8) is 0 Å². The second-order valence-corrected chi connectivity index (χ2v) is 7.16. The van der Waals surface area contributed by atoms with Crippen LogP contribution in [0.3, 0.4) is 0 Å². The predicted octanol–water partition coefficient (Wildman–Crippen LogP) is 4.65. The molecule has 0 unspecified atom stereocenters. The average molecular weight is 220 g/mol. The molecule has 0 atom stereocenters. The van der Waals surface area contributed by atoms with Gasteiger partial charge in [0.15, 0.2) is 0 Å². The third-order valence-electron chi connectivity index (χ3n) is 1.65. The van der Waals surface area contributed by atoms with Gasteiger partial charge < -0.3 is 0 Å². The molecule has 0 rings (SSSR count). The number of thioether (sulfide) groups is 2. The van der Waals surface area contributed by atoms with Crippen LogP contribution in [0.25, 0.3) is 0 Å². The van der Waals surface area contributed by atoms with E-state index in [-0.39, 0.29) is 0 Å². The first-order valence-corrected chi connectivity index (χ1v) is 7.35. The minimum Gasteiger partial charge on any atom is -0.147 e. The molecule has 0 aromatic carbocycles. The van der Waals surface area contributed by atoms with Crippen LogP contribution in [-0.2, 0) is 0 Å². The quantitative estimate of drug-likeness (QED) is 0.598. The van der Waals surface area contributed by atoms with Crippen LogP contribution < -0.4 is 0 Å². The first-order valence-electron chi connectivity index (χ1n) is 5.25. The lowest BCUT2D eigenvalue weighted by molar-refractivity contribution is 0.459. The Labute approximate surface area is 92.6 Å². The fraction of sp³-hybridized carbons (Fsp3) is 1.00. The Bertz CT molecular complexity index is 108. The number of hydrogen-bond donors (Lipinski definition) is 0. The normalized spacial score (nSPS) is 12.5. The first kappa shape index (κ1) is 13.7. The highest BCUT2D eigenvalue weighted by Crippen LogP contribution is 2.38. The SMILES string of the molecule is CCCSC(SCCC)C(C)(C)C. The van der Waals surface area contributed by atoms with E-state index in [1.54, 1.807) is 0 Å². The lowest BCUT2D eigenvalue weighted by atomic mass is 10.0. The van der Waals surface area contributed by atoms with Gasteiger partial charge in [0.1, 0.15) is 0 Å². The zero-order valence-electron chi connectivity index (χ0n) is 9.72. The van der Waals surface area contributed by atoms with Crippen LogP contribution in [0.4, 0.5) is 0 Å². The van der Waals surface area contributed by atoms with Gasteiger partial charge in [0.25, 0.3) is 0 Å². The highest BCUT2D eigenvalue weighted by atomic mass is 32.2. The Morgan fingerprint density at radius 1 is 0.923 bits per heavy atom. The monoisotopic (exact) mass is 220 g/mol. The van der Waals surface area contributed by atoms with Crippen molar-refractivity contribution >= 4 is 23.5 Å². The minimum atomic E-state index is 0.444. The summed E-state index contributed by atoms with van der Waals surface area (Å²) in [7, 11) is 0. The van der Waals surface area contributed by atoms with Crippen molar-refractivity contribution in [3.8, 4) is 0 Å². The summed E-state index contributed by atoms with van der Waals surface area (Å²) in [6, 6.07) is 0. The topological polar surface area (TPSA) is 0 Å². The largest absolute Gasteiger partial charge is 0.147 e. The summed E-state index contributed by atoms with van der Waals surface area (Å²) in [5.41, 5.74) is 0.444. The van der Waals surface area contributed by atoms with Crippen molar-refractivity contribution in [2.75, 3.05) is 11.5 Å². The van der Waals surface area contributed by atoms with E-state index in [0.29, 0.717) is 5.41 Å². The van der Waals surface area contributed by atoms with Gasteiger partial charge >= 0.3 is 0 Å². The molecule has 2 heteroatoms. The molecular formula is C11H24S2. The molecule has 0 amide bonds. The van der Waals surface area contributed by atoms with E-state index in [2.05, 4.69) is 58.1 Å². The molecule has 0 saturated heterocycles. The second-order valence-electron chi connectivity index (χ2n) is 4.44. The zero-order chi connectivity index (χ0) is 10.3. The van der Waals surface area contributed by atoms with Crippen LogP contribution in [-0.4, -0.2) is 16.1 Å². The third-order valence-corrected chi connectivity index (χ3v) is 5.78. The molecule has 0 bridgehead atoms. The van der Waals surface area contributed by atoms with Crippen molar-refractivity contribution in [2.24, 2.45) is 5.41 Å². The fourth-order valence-electron chi connectivity index (χ4n) is 0.998. The summed E-state index contributed by atoms with van der Waals surface area (Å²) in [5, 5.41) is 0. The molecule has 0 saturated carbocycles. The molecule has 80 valence electrons. The van der Waals surface area contributed by atoms with Gasteiger partial charge in [0, 0.05) is 0 Å². The number of hydrogen-bond acceptors (Lipinski definition) is 2. The van der Waals surface area contributed by atoms with Crippen molar-refractivity contribution in [2.45, 2.75) is 52.0 Å². The molecular weight excluding hydrogens is 196 g/mol. The number of rotatable bonds is 6. The lowest BCUT2D eigenvalue weighted by Crippen LogP contribution is -2.20. The van der Waals surface area contributed by atoms with Gasteiger partial charge in [-0.3, -0.25) is 0 Å². The van der Waals surface area contributed by atoms with E-state index >= 15 is 0 Å². The van der Waals surface area contributed by atoms with Gasteiger partial charge in [0.05, 0.1) is 4.58 Å². The van der Waals surface area contributed by atoms with E-state index in [4.69, 9.17) is 0 Å². The summed E-state index contributed by atoms with van der Waals surface area (Å²) in [4.78, 5) is 0. The zero-order valence-corrected chi connectivity index (χ0v) is 11.4. The van der Waals surface area contributed by atoms with Gasteiger partial charge in [-0.25, -0.2) is 0 Å². The Morgan fingerprint density at radius 3 is 1.54 bits per heavy atom.